The lowest BCUT2D eigenvalue weighted by Gasteiger charge is -2.36. The molecule has 1 N–H and O–H groups in total. The Morgan fingerprint density at radius 3 is 2.50 bits per heavy atom. The lowest BCUT2D eigenvalue weighted by molar-refractivity contribution is -0.131. The van der Waals surface area contributed by atoms with Gasteiger partial charge in [0.2, 0.25) is 15.9 Å². The molecular formula is C22H26ClN3O5S. The summed E-state index contributed by atoms with van der Waals surface area (Å²) in [7, 11) is -3.69. The van der Waals surface area contributed by atoms with Crippen LogP contribution in [0.2, 0.25) is 5.02 Å². The molecule has 0 aliphatic carbocycles. The van der Waals surface area contributed by atoms with Crippen LogP contribution < -0.4 is 19.1 Å². The number of carbonyl (C=O) groups is 1. The van der Waals surface area contributed by atoms with E-state index in [4.69, 9.17) is 21.1 Å². The minimum atomic E-state index is -3.69. The maximum absolute atomic E-state index is 12.5. The average molecular weight is 480 g/mol. The molecule has 0 aromatic heterocycles. The van der Waals surface area contributed by atoms with E-state index in [2.05, 4.69) is 9.62 Å². The smallest absolute Gasteiger partial charge is 0.240 e. The maximum atomic E-state index is 12.5. The zero-order chi connectivity index (χ0) is 22.6. The Morgan fingerprint density at radius 2 is 1.75 bits per heavy atom. The fourth-order valence-electron chi connectivity index (χ4n) is 3.77. The van der Waals surface area contributed by atoms with Crippen molar-refractivity contribution in [2.45, 2.75) is 17.7 Å². The first-order valence-corrected chi connectivity index (χ1v) is 12.5. The van der Waals surface area contributed by atoms with Crippen molar-refractivity contribution in [1.29, 1.82) is 0 Å². The number of ether oxygens (including phenoxy) is 2. The molecule has 0 unspecified atom stereocenters. The third-order valence-electron chi connectivity index (χ3n) is 5.49. The van der Waals surface area contributed by atoms with Crippen LogP contribution in [-0.4, -0.2) is 65.2 Å². The van der Waals surface area contributed by atoms with Crippen LogP contribution in [0.1, 0.15) is 12.8 Å². The third-order valence-corrected chi connectivity index (χ3v) is 7.18. The number of halogens is 1. The first kappa shape index (κ1) is 22.7. The molecule has 0 bridgehead atoms. The topological polar surface area (TPSA) is 88.2 Å². The molecule has 1 amide bonds. The molecule has 10 heteroatoms. The summed E-state index contributed by atoms with van der Waals surface area (Å²) in [6.45, 7) is 3.76. The van der Waals surface area contributed by atoms with E-state index in [0.717, 1.165) is 18.8 Å². The fraction of sp³-hybridized carbons (Fsp3) is 0.409. The molecule has 172 valence electrons. The quantitative estimate of drug-likeness (QED) is 0.614. The second kappa shape index (κ2) is 9.97. The van der Waals surface area contributed by atoms with Gasteiger partial charge in [-0.25, -0.2) is 13.1 Å². The third kappa shape index (κ3) is 5.46. The molecule has 0 atom stereocenters. The van der Waals surface area contributed by atoms with Crippen LogP contribution in [0.15, 0.2) is 47.4 Å². The van der Waals surface area contributed by atoms with Crippen LogP contribution in [0.25, 0.3) is 0 Å². The number of carbonyl (C=O) groups excluding carboxylic acids is 1. The Bertz CT molecular complexity index is 1070. The second-order valence-corrected chi connectivity index (χ2v) is 9.86. The summed E-state index contributed by atoms with van der Waals surface area (Å²) in [5.41, 5.74) is 1.05. The Kier molecular flexibility index (Phi) is 7.07. The van der Waals surface area contributed by atoms with Crippen molar-refractivity contribution in [2.24, 2.45) is 0 Å². The zero-order valence-corrected chi connectivity index (χ0v) is 19.2. The van der Waals surface area contributed by atoms with E-state index >= 15 is 0 Å². The molecule has 32 heavy (non-hydrogen) atoms. The van der Waals surface area contributed by atoms with Crippen LogP contribution in [-0.2, 0) is 14.8 Å². The lowest BCUT2D eigenvalue weighted by Crippen LogP contribution is -2.48. The number of sulfonamides is 1. The van der Waals surface area contributed by atoms with Gasteiger partial charge in [0.1, 0.15) is 13.2 Å². The van der Waals surface area contributed by atoms with Crippen molar-refractivity contribution in [3.8, 4) is 11.5 Å². The van der Waals surface area contributed by atoms with Crippen molar-refractivity contribution in [2.75, 3.05) is 50.8 Å². The Morgan fingerprint density at radius 1 is 1.00 bits per heavy atom. The van der Waals surface area contributed by atoms with Gasteiger partial charge < -0.3 is 19.3 Å². The SMILES string of the molecule is O=C(CCCNS(=O)(=O)c1ccc2c(c1)OCCO2)N1CCN(c2cccc(Cl)c2)CC1. The summed E-state index contributed by atoms with van der Waals surface area (Å²) in [4.78, 5) is 16.7. The number of rotatable bonds is 7. The molecule has 1 fully saturated rings. The van der Waals surface area contributed by atoms with Crippen molar-refractivity contribution in [1.82, 2.24) is 9.62 Å². The van der Waals surface area contributed by atoms with Gasteiger partial charge in [-0.05, 0) is 36.8 Å². The molecule has 1 saturated heterocycles. The number of piperazine rings is 1. The van der Waals surface area contributed by atoms with Crippen molar-refractivity contribution >= 4 is 33.2 Å². The highest BCUT2D eigenvalue weighted by molar-refractivity contribution is 7.89. The molecule has 0 saturated carbocycles. The van der Waals surface area contributed by atoms with E-state index in [9.17, 15) is 13.2 Å². The molecule has 2 aromatic rings. The number of hydrogen-bond donors (Lipinski definition) is 1. The van der Waals surface area contributed by atoms with Gasteiger partial charge in [0.05, 0.1) is 4.90 Å². The van der Waals surface area contributed by atoms with Gasteiger partial charge in [0, 0.05) is 55.9 Å². The van der Waals surface area contributed by atoms with Crippen LogP contribution >= 0.6 is 11.6 Å². The Labute approximate surface area is 193 Å². The van der Waals surface area contributed by atoms with E-state index in [0.29, 0.717) is 55.7 Å². The monoisotopic (exact) mass is 479 g/mol. The van der Waals surface area contributed by atoms with Gasteiger partial charge in [0.25, 0.3) is 0 Å². The molecule has 0 spiro atoms. The van der Waals surface area contributed by atoms with Crippen LogP contribution in [0.5, 0.6) is 11.5 Å². The van der Waals surface area contributed by atoms with E-state index in [1.165, 1.54) is 12.1 Å². The first-order valence-electron chi connectivity index (χ1n) is 10.6. The average Bonchev–Trinajstić information content (AvgIpc) is 2.81. The predicted molar refractivity (Wildman–Crippen MR) is 122 cm³/mol. The molecule has 8 nitrogen and oxygen atoms in total. The molecule has 0 radical (unpaired) electrons. The van der Waals surface area contributed by atoms with E-state index in [-0.39, 0.29) is 17.3 Å². The minimum Gasteiger partial charge on any atom is -0.486 e. The van der Waals surface area contributed by atoms with E-state index in [1.807, 2.05) is 29.2 Å². The standard InChI is InChI=1S/C22H26ClN3O5S/c23-17-3-1-4-18(15-17)25-9-11-26(12-10-25)22(27)5-2-8-24-32(28,29)19-6-7-20-21(16-19)31-14-13-30-20/h1,3-4,6-7,15-16,24H,2,5,8-14H2. The van der Waals surface area contributed by atoms with Gasteiger partial charge in [-0.1, -0.05) is 17.7 Å². The van der Waals surface area contributed by atoms with Gasteiger partial charge in [-0.2, -0.15) is 0 Å². The molecule has 2 aliphatic heterocycles. The fourth-order valence-corrected chi connectivity index (χ4v) is 5.04. The lowest BCUT2D eigenvalue weighted by atomic mass is 10.2. The molecule has 2 aromatic carbocycles. The summed E-state index contributed by atoms with van der Waals surface area (Å²) in [5.74, 6) is 0.997. The van der Waals surface area contributed by atoms with Crippen LogP contribution in [0.3, 0.4) is 0 Å². The summed E-state index contributed by atoms with van der Waals surface area (Å²) in [5, 5.41) is 0.694. The number of benzene rings is 2. The number of nitrogens with one attached hydrogen (secondary N) is 1. The van der Waals surface area contributed by atoms with Crippen molar-refractivity contribution in [3.05, 3.63) is 47.5 Å². The number of hydrogen-bond acceptors (Lipinski definition) is 6. The summed E-state index contributed by atoms with van der Waals surface area (Å²) in [6.07, 6.45) is 0.720. The van der Waals surface area contributed by atoms with Crippen molar-refractivity contribution in [3.63, 3.8) is 0 Å². The Hall–Kier alpha value is -2.49. The molecular weight excluding hydrogens is 454 g/mol. The normalized spacial score (nSPS) is 16.2. The number of anilines is 1. The largest absolute Gasteiger partial charge is 0.486 e. The maximum Gasteiger partial charge on any atom is 0.240 e. The number of amides is 1. The molecule has 2 aliphatic rings. The molecule has 4 rings (SSSR count). The summed E-state index contributed by atoms with van der Waals surface area (Å²) in [6, 6.07) is 12.2. The van der Waals surface area contributed by atoms with Gasteiger partial charge in [0.15, 0.2) is 11.5 Å². The van der Waals surface area contributed by atoms with Gasteiger partial charge in [-0.3, -0.25) is 4.79 Å². The second-order valence-electron chi connectivity index (χ2n) is 7.65. The zero-order valence-electron chi connectivity index (χ0n) is 17.6. The highest BCUT2D eigenvalue weighted by atomic mass is 35.5. The predicted octanol–water partition coefficient (Wildman–Crippen LogP) is 2.52. The van der Waals surface area contributed by atoms with E-state index < -0.39 is 10.0 Å². The number of nitrogens with zero attached hydrogens (tertiary/aromatic N) is 2. The minimum absolute atomic E-state index is 0.0364. The van der Waals surface area contributed by atoms with Crippen LogP contribution in [0, 0.1) is 0 Å². The highest BCUT2D eigenvalue weighted by Gasteiger charge is 2.22. The van der Waals surface area contributed by atoms with Crippen LogP contribution in [0.4, 0.5) is 5.69 Å². The van der Waals surface area contributed by atoms with Gasteiger partial charge >= 0.3 is 0 Å². The molecule has 2 heterocycles. The first-order chi connectivity index (χ1) is 15.4. The summed E-state index contributed by atoms with van der Waals surface area (Å²) < 4.78 is 38.5. The summed E-state index contributed by atoms with van der Waals surface area (Å²) >= 11 is 6.06. The van der Waals surface area contributed by atoms with E-state index in [1.54, 1.807) is 6.07 Å². The number of fused-ring (bicyclic) bond motifs is 1. The highest BCUT2D eigenvalue weighted by Crippen LogP contribution is 2.32. The van der Waals surface area contributed by atoms with Crippen molar-refractivity contribution < 1.29 is 22.7 Å². The Balaban J connectivity index is 1.21. The van der Waals surface area contributed by atoms with Gasteiger partial charge in [-0.15, -0.1) is 0 Å².